The molecule has 0 saturated carbocycles. The highest BCUT2D eigenvalue weighted by Gasteiger charge is 2.16. The predicted molar refractivity (Wildman–Crippen MR) is 134 cm³/mol. The highest BCUT2D eigenvalue weighted by Crippen LogP contribution is 2.42. The second-order valence-corrected chi connectivity index (χ2v) is 11.8. The van der Waals surface area contributed by atoms with E-state index in [0.29, 0.717) is 37.3 Å². The molecule has 0 radical (unpaired) electrons. The van der Waals surface area contributed by atoms with Crippen LogP contribution in [0.25, 0.3) is 0 Å². The second-order valence-electron chi connectivity index (χ2n) is 9.22. The maximum atomic E-state index is 12.2. The van der Waals surface area contributed by atoms with Gasteiger partial charge >= 0.3 is 5.97 Å². The molecule has 4 nitrogen and oxygen atoms in total. The van der Waals surface area contributed by atoms with E-state index >= 15 is 0 Å². The minimum atomic E-state index is -3.02. The smallest absolute Gasteiger partial charge is 0.333 e. The van der Waals surface area contributed by atoms with Crippen LogP contribution in [0.1, 0.15) is 129 Å². The molecule has 0 amide bonds. The van der Waals surface area contributed by atoms with Gasteiger partial charge in [0, 0.05) is 17.9 Å². The van der Waals surface area contributed by atoms with Gasteiger partial charge in [0.15, 0.2) is 0 Å². The van der Waals surface area contributed by atoms with Crippen LogP contribution >= 0.6 is 7.37 Å². The largest absolute Gasteiger partial charge is 0.462 e. The molecule has 0 aromatic heterocycles. The van der Waals surface area contributed by atoms with E-state index in [9.17, 15) is 14.3 Å². The highest BCUT2D eigenvalue weighted by molar-refractivity contribution is 7.57. The van der Waals surface area contributed by atoms with Gasteiger partial charge in [-0.25, -0.2) is 4.79 Å². The molecule has 0 aromatic carbocycles. The van der Waals surface area contributed by atoms with E-state index in [1.165, 1.54) is 89.9 Å². The maximum Gasteiger partial charge on any atom is 0.333 e. The molecular weight excluding hydrogens is 407 g/mol. The summed E-state index contributed by atoms with van der Waals surface area (Å²) < 4.78 is 17.2. The third kappa shape index (κ3) is 22.4. The van der Waals surface area contributed by atoms with E-state index in [4.69, 9.17) is 4.74 Å². The molecule has 1 N–H and O–H groups in total. The van der Waals surface area contributed by atoms with E-state index in [2.05, 4.69) is 13.5 Å². The lowest BCUT2D eigenvalue weighted by atomic mass is 10.0. The Bertz CT molecular complexity index is 490. The zero-order valence-electron chi connectivity index (χ0n) is 20.7. The van der Waals surface area contributed by atoms with Gasteiger partial charge in [-0.15, -0.1) is 0 Å². The number of carbonyl (C=O) groups is 1. The van der Waals surface area contributed by atoms with Crippen molar-refractivity contribution in [3.63, 3.8) is 0 Å². The Balaban J connectivity index is 3.35. The topological polar surface area (TPSA) is 63.6 Å². The van der Waals surface area contributed by atoms with Gasteiger partial charge in [-0.2, -0.15) is 0 Å². The van der Waals surface area contributed by atoms with E-state index < -0.39 is 7.37 Å². The molecular formula is C26H51O4P. The summed E-state index contributed by atoms with van der Waals surface area (Å²) in [6.45, 7) is 7.71. The van der Waals surface area contributed by atoms with Crippen LogP contribution in [0.3, 0.4) is 0 Å². The van der Waals surface area contributed by atoms with Crippen LogP contribution < -0.4 is 0 Å². The minimum Gasteiger partial charge on any atom is -0.462 e. The lowest BCUT2D eigenvalue weighted by Crippen LogP contribution is -2.06. The second kappa shape index (κ2) is 21.3. The fourth-order valence-electron chi connectivity index (χ4n) is 3.77. The van der Waals surface area contributed by atoms with E-state index in [1.54, 1.807) is 6.92 Å². The van der Waals surface area contributed by atoms with Gasteiger partial charge in [-0.1, -0.05) is 110 Å². The maximum absolute atomic E-state index is 12.2. The van der Waals surface area contributed by atoms with E-state index in [1.807, 2.05) is 0 Å². The van der Waals surface area contributed by atoms with Gasteiger partial charge in [-0.3, -0.25) is 4.57 Å². The number of hydrogen-bond donors (Lipinski definition) is 1. The number of carbonyl (C=O) groups excluding carboxylic acids is 1. The monoisotopic (exact) mass is 458 g/mol. The van der Waals surface area contributed by atoms with Crippen LogP contribution in [0.4, 0.5) is 0 Å². The van der Waals surface area contributed by atoms with Crippen molar-refractivity contribution in [2.75, 3.05) is 18.9 Å². The first-order chi connectivity index (χ1) is 14.9. The van der Waals surface area contributed by atoms with Crippen LogP contribution in [-0.2, 0) is 14.1 Å². The van der Waals surface area contributed by atoms with Crippen molar-refractivity contribution in [1.29, 1.82) is 0 Å². The predicted octanol–water partition coefficient (Wildman–Crippen LogP) is 8.42. The zero-order chi connectivity index (χ0) is 23.2. The molecule has 0 fully saturated rings. The van der Waals surface area contributed by atoms with Crippen molar-refractivity contribution in [3.05, 3.63) is 12.2 Å². The Hall–Kier alpha value is -0.600. The SMILES string of the molecule is C=C(C)C(=O)OCCCCP(=O)(O)CCCCCCCCCCCCCCCCCC. The summed E-state index contributed by atoms with van der Waals surface area (Å²) in [5, 5.41) is 0. The molecule has 0 heterocycles. The van der Waals surface area contributed by atoms with Crippen LogP contribution in [0.5, 0.6) is 0 Å². The third-order valence-corrected chi connectivity index (χ3v) is 7.87. The summed E-state index contributed by atoms with van der Waals surface area (Å²) in [6, 6.07) is 0. The van der Waals surface area contributed by atoms with Crippen molar-refractivity contribution >= 4 is 13.3 Å². The Morgan fingerprint density at radius 2 is 1.06 bits per heavy atom. The molecule has 0 saturated heterocycles. The minimum absolute atomic E-state index is 0.296. The van der Waals surface area contributed by atoms with Crippen LogP contribution in [-0.4, -0.2) is 29.8 Å². The Labute approximate surface area is 193 Å². The molecule has 0 spiro atoms. The highest BCUT2D eigenvalue weighted by atomic mass is 31.2. The summed E-state index contributed by atoms with van der Waals surface area (Å²) >= 11 is 0. The lowest BCUT2D eigenvalue weighted by molar-refractivity contribution is -0.139. The van der Waals surface area contributed by atoms with Gasteiger partial charge < -0.3 is 9.63 Å². The molecule has 1 unspecified atom stereocenters. The zero-order valence-corrected chi connectivity index (χ0v) is 21.6. The average molecular weight is 459 g/mol. The summed E-state index contributed by atoms with van der Waals surface area (Å²) in [4.78, 5) is 21.3. The summed E-state index contributed by atoms with van der Waals surface area (Å²) in [5.41, 5.74) is 0.385. The average Bonchev–Trinajstić information content (AvgIpc) is 2.72. The van der Waals surface area contributed by atoms with Gasteiger partial charge in [0.1, 0.15) is 0 Å². The molecule has 0 rings (SSSR count). The lowest BCUT2D eigenvalue weighted by Gasteiger charge is -2.11. The van der Waals surface area contributed by atoms with E-state index in [0.717, 1.165) is 12.8 Å². The van der Waals surface area contributed by atoms with Gasteiger partial charge in [0.2, 0.25) is 7.37 Å². The van der Waals surface area contributed by atoms with Gasteiger partial charge in [-0.05, 0) is 26.2 Å². The summed E-state index contributed by atoms with van der Waals surface area (Å²) in [5.74, 6) is -0.389. The summed E-state index contributed by atoms with van der Waals surface area (Å²) in [7, 11) is -3.02. The molecule has 0 aliphatic heterocycles. The molecule has 184 valence electrons. The molecule has 5 heteroatoms. The summed E-state index contributed by atoms with van der Waals surface area (Å²) in [6.07, 6.45) is 22.9. The van der Waals surface area contributed by atoms with Crippen molar-refractivity contribution in [2.24, 2.45) is 0 Å². The third-order valence-electron chi connectivity index (χ3n) is 5.84. The number of esters is 1. The Morgan fingerprint density at radius 3 is 1.45 bits per heavy atom. The molecule has 1 atom stereocenters. The van der Waals surface area contributed by atoms with Crippen LogP contribution in [0.2, 0.25) is 0 Å². The first kappa shape index (κ1) is 30.4. The van der Waals surface area contributed by atoms with Crippen molar-refractivity contribution in [3.8, 4) is 0 Å². The van der Waals surface area contributed by atoms with Crippen molar-refractivity contribution < 1.29 is 19.0 Å². The van der Waals surface area contributed by atoms with Gasteiger partial charge in [0.05, 0.1) is 6.61 Å². The molecule has 0 bridgehead atoms. The number of ether oxygens (including phenoxy) is 1. The fraction of sp³-hybridized carbons (Fsp3) is 0.885. The first-order valence-electron chi connectivity index (χ1n) is 13.0. The Kier molecular flexibility index (Phi) is 20.8. The van der Waals surface area contributed by atoms with E-state index in [-0.39, 0.29) is 5.97 Å². The molecule has 0 aliphatic carbocycles. The number of rotatable bonds is 23. The van der Waals surface area contributed by atoms with Crippen LogP contribution in [0, 0.1) is 0 Å². The quantitative estimate of drug-likeness (QED) is 0.0722. The van der Waals surface area contributed by atoms with Crippen molar-refractivity contribution in [2.45, 2.75) is 129 Å². The number of unbranched alkanes of at least 4 members (excludes halogenated alkanes) is 16. The standard InChI is InChI=1S/C26H51O4P/c1-4-5-6-7-8-9-10-11-12-13-14-15-16-17-18-20-23-31(28,29)24-21-19-22-30-26(27)25(2)3/h2,4-24H2,1,3H3,(H,28,29). The fourth-order valence-corrected chi connectivity index (χ4v) is 5.43. The first-order valence-corrected chi connectivity index (χ1v) is 15.1. The van der Waals surface area contributed by atoms with Crippen molar-refractivity contribution in [1.82, 2.24) is 0 Å². The molecule has 31 heavy (non-hydrogen) atoms. The Morgan fingerprint density at radius 1 is 0.710 bits per heavy atom. The normalized spacial score (nSPS) is 13.1. The molecule has 0 aromatic rings. The van der Waals surface area contributed by atoms with Gasteiger partial charge in [0.25, 0.3) is 0 Å². The van der Waals surface area contributed by atoms with Crippen LogP contribution in [0.15, 0.2) is 12.2 Å². The number of hydrogen-bond acceptors (Lipinski definition) is 3. The molecule has 0 aliphatic rings.